The minimum absolute atomic E-state index is 0.00407. The number of hydrogen-bond donors (Lipinski definition) is 0. The molecule has 0 radical (unpaired) electrons. The number of nitro groups is 1. The number of sulfonamides is 1. The van der Waals surface area contributed by atoms with Gasteiger partial charge in [-0.3, -0.25) is 14.9 Å². The normalized spacial score (nSPS) is 13.4. The van der Waals surface area contributed by atoms with Gasteiger partial charge >= 0.3 is 0 Å². The molecule has 1 aliphatic rings. The molecule has 4 aromatic rings. The Bertz CT molecular complexity index is 1640. The molecular weight excluding hydrogens is 480 g/mol. The number of non-ortho nitro benzene ring substituents is 1. The van der Waals surface area contributed by atoms with Gasteiger partial charge in [-0.25, -0.2) is 8.42 Å². The maximum atomic E-state index is 14.1. The van der Waals surface area contributed by atoms with Gasteiger partial charge in [-0.1, -0.05) is 18.2 Å². The summed E-state index contributed by atoms with van der Waals surface area (Å²) in [5.41, 5.74) is 2.62. The summed E-state index contributed by atoms with van der Waals surface area (Å²) in [7, 11) is -4.38. The van der Waals surface area contributed by atoms with Crippen molar-refractivity contribution < 1.29 is 22.6 Å². The van der Waals surface area contributed by atoms with E-state index in [0.29, 0.717) is 11.1 Å². The summed E-state index contributed by atoms with van der Waals surface area (Å²) < 4.78 is 34.8. The number of amides is 1. The van der Waals surface area contributed by atoms with Crippen LogP contribution in [0.1, 0.15) is 45.7 Å². The molecule has 0 aliphatic heterocycles. The van der Waals surface area contributed by atoms with Crippen molar-refractivity contribution in [2.24, 2.45) is 0 Å². The van der Waals surface area contributed by atoms with E-state index in [1.165, 1.54) is 30.3 Å². The topological polar surface area (TPSA) is 111 Å². The fourth-order valence-corrected chi connectivity index (χ4v) is 6.42. The van der Waals surface area contributed by atoms with Crippen molar-refractivity contribution >= 4 is 38.3 Å². The first-order valence-corrected chi connectivity index (χ1v) is 13.1. The smallest absolute Gasteiger partial charge is 0.272 e. The largest absolute Gasteiger partial charge is 0.461 e. The van der Waals surface area contributed by atoms with Crippen LogP contribution in [0, 0.1) is 24.0 Å². The predicted octanol–water partition coefficient (Wildman–Crippen LogP) is 5.87. The Hall–Kier alpha value is -3.98. The Balaban J connectivity index is 1.73. The molecule has 0 saturated heterocycles. The third kappa shape index (κ3) is 4.05. The fraction of sp³-hybridized carbons (Fsp3) is 0.222. The van der Waals surface area contributed by atoms with Crippen LogP contribution in [0.3, 0.4) is 0 Å². The standard InChI is InChI=1S/C27H24N2O6S/c1-17-10-11-18(2)26(14-17)36(33,34)28(27(30)19-6-5-7-21(15-19)29(31)32)20-12-13-25-23(16-20)22-8-3-4-9-24(22)35-25/h5-7,10-16H,3-4,8-9H2,1-2H3. The Kier molecular flexibility index (Phi) is 5.88. The molecule has 9 heteroatoms. The number of furan rings is 1. The van der Waals surface area contributed by atoms with Crippen LogP contribution in [-0.2, 0) is 22.9 Å². The number of anilines is 1. The molecule has 36 heavy (non-hydrogen) atoms. The molecule has 0 saturated carbocycles. The summed E-state index contributed by atoms with van der Waals surface area (Å²) in [6, 6.07) is 15.0. The monoisotopic (exact) mass is 504 g/mol. The number of nitrogens with zero attached hydrogens (tertiary/aromatic N) is 2. The van der Waals surface area contributed by atoms with Crippen molar-refractivity contribution in [1.82, 2.24) is 0 Å². The van der Waals surface area contributed by atoms with Crippen LogP contribution in [0.2, 0.25) is 0 Å². The van der Waals surface area contributed by atoms with E-state index in [1.807, 2.05) is 0 Å². The van der Waals surface area contributed by atoms with Crippen LogP contribution in [0.4, 0.5) is 11.4 Å². The highest BCUT2D eigenvalue weighted by Crippen LogP contribution is 2.36. The van der Waals surface area contributed by atoms with Gasteiger partial charge in [-0.05, 0) is 74.6 Å². The molecule has 1 amide bonds. The summed E-state index contributed by atoms with van der Waals surface area (Å²) in [5, 5.41) is 12.1. The number of nitro benzene ring substituents is 1. The zero-order valence-corrected chi connectivity index (χ0v) is 20.7. The lowest BCUT2D eigenvalue weighted by Crippen LogP contribution is -2.37. The summed E-state index contributed by atoms with van der Waals surface area (Å²) in [6.07, 6.45) is 3.66. The summed E-state index contributed by atoms with van der Waals surface area (Å²) in [6.45, 7) is 3.44. The molecule has 3 aromatic carbocycles. The molecule has 0 bridgehead atoms. The van der Waals surface area contributed by atoms with Gasteiger partial charge in [-0.15, -0.1) is 0 Å². The number of fused-ring (bicyclic) bond motifs is 3. The highest BCUT2D eigenvalue weighted by atomic mass is 32.2. The number of rotatable bonds is 5. The first kappa shape index (κ1) is 23.7. The number of benzene rings is 3. The number of carbonyl (C=O) groups excluding carboxylic acids is 1. The van der Waals surface area contributed by atoms with Crippen LogP contribution in [0.15, 0.2) is 70.0 Å². The van der Waals surface area contributed by atoms with Crippen LogP contribution in [0.5, 0.6) is 0 Å². The minimum atomic E-state index is -4.38. The van der Waals surface area contributed by atoms with Gasteiger partial charge in [0, 0.05) is 35.1 Å². The van der Waals surface area contributed by atoms with E-state index in [0.717, 1.165) is 58.3 Å². The van der Waals surface area contributed by atoms with Gasteiger partial charge in [0.25, 0.3) is 21.6 Å². The molecule has 0 fully saturated rings. The van der Waals surface area contributed by atoms with Crippen LogP contribution >= 0.6 is 0 Å². The average molecular weight is 505 g/mol. The highest BCUT2D eigenvalue weighted by molar-refractivity contribution is 7.93. The molecule has 5 rings (SSSR count). The van der Waals surface area contributed by atoms with Gasteiger partial charge in [0.15, 0.2) is 0 Å². The Morgan fingerprint density at radius 2 is 1.78 bits per heavy atom. The molecule has 1 heterocycles. The summed E-state index contributed by atoms with van der Waals surface area (Å²) >= 11 is 0. The van der Waals surface area contributed by atoms with Crippen LogP contribution in [0.25, 0.3) is 11.0 Å². The highest BCUT2D eigenvalue weighted by Gasteiger charge is 2.34. The molecule has 0 N–H and O–H groups in total. The van der Waals surface area contributed by atoms with E-state index >= 15 is 0 Å². The second-order valence-electron chi connectivity index (χ2n) is 9.04. The molecule has 0 atom stereocenters. The second-order valence-corrected chi connectivity index (χ2v) is 10.8. The van der Waals surface area contributed by atoms with Gasteiger partial charge in [0.2, 0.25) is 0 Å². The van der Waals surface area contributed by atoms with E-state index in [4.69, 9.17) is 4.42 Å². The third-order valence-corrected chi connectivity index (χ3v) is 8.38. The zero-order valence-electron chi connectivity index (χ0n) is 19.9. The van der Waals surface area contributed by atoms with Crippen molar-refractivity contribution in [2.75, 3.05) is 4.31 Å². The first-order valence-electron chi connectivity index (χ1n) is 11.6. The van der Waals surface area contributed by atoms with Crippen molar-refractivity contribution in [3.63, 3.8) is 0 Å². The van der Waals surface area contributed by atoms with Crippen molar-refractivity contribution in [1.29, 1.82) is 0 Å². The van der Waals surface area contributed by atoms with Gasteiger partial charge in [0.1, 0.15) is 11.3 Å². The van der Waals surface area contributed by atoms with E-state index < -0.39 is 20.9 Å². The Morgan fingerprint density at radius 1 is 1.00 bits per heavy atom. The quantitative estimate of drug-likeness (QED) is 0.248. The Labute approximate surface area is 208 Å². The molecule has 8 nitrogen and oxygen atoms in total. The molecule has 0 unspecified atom stereocenters. The maximum Gasteiger partial charge on any atom is 0.272 e. The average Bonchev–Trinajstić information content (AvgIpc) is 3.23. The van der Waals surface area contributed by atoms with Crippen LogP contribution in [-0.4, -0.2) is 19.2 Å². The summed E-state index contributed by atoms with van der Waals surface area (Å²) in [4.78, 5) is 24.5. The lowest BCUT2D eigenvalue weighted by molar-refractivity contribution is -0.384. The van der Waals surface area contributed by atoms with Crippen molar-refractivity contribution in [3.8, 4) is 0 Å². The molecule has 1 aromatic heterocycles. The van der Waals surface area contributed by atoms with E-state index in [-0.39, 0.29) is 21.8 Å². The lowest BCUT2D eigenvalue weighted by Gasteiger charge is -2.24. The van der Waals surface area contributed by atoms with Crippen LogP contribution < -0.4 is 4.31 Å². The molecular formula is C27H24N2O6S. The SMILES string of the molecule is Cc1ccc(C)c(S(=O)(=O)N(C(=O)c2cccc([N+](=O)[O-])c2)c2ccc3oc4c(c3c2)CCCC4)c1. The molecule has 0 spiro atoms. The zero-order chi connectivity index (χ0) is 25.6. The van der Waals surface area contributed by atoms with E-state index in [1.54, 1.807) is 38.1 Å². The fourth-order valence-electron chi connectivity index (χ4n) is 4.70. The Morgan fingerprint density at radius 3 is 2.56 bits per heavy atom. The minimum Gasteiger partial charge on any atom is -0.461 e. The molecule has 184 valence electrons. The number of carbonyl (C=O) groups is 1. The van der Waals surface area contributed by atoms with Crippen molar-refractivity contribution in [2.45, 2.75) is 44.4 Å². The van der Waals surface area contributed by atoms with E-state index in [2.05, 4.69) is 0 Å². The van der Waals surface area contributed by atoms with Gasteiger partial charge < -0.3 is 4.42 Å². The third-order valence-electron chi connectivity index (χ3n) is 6.52. The van der Waals surface area contributed by atoms with Crippen molar-refractivity contribution in [3.05, 3.63) is 98.8 Å². The number of aryl methyl sites for hydroxylation is 4. The second kappa shape index (κ2) is 8.91. The van der Waals surface area contributed by atoms with Gasteiger partial charge in [0.05, 0.1) is 15.5 Å². The lowest BCUT2D eigenvalue weighted by atomic mass is 9.96. The molecule has 1 aliphatic carbocycles. The summed E-state index contributed by atoms with van der Waals surface area (Å²) in [5.74, 6) is 0.0127. The van der Waals surface area contributed by atoms with E-state index in [9.17, 15) is 23.3 Å². The predicted molar refractivity (Wildman–Crippen MR) is 136 cm³/mol. The number of hydrogen-bond acceptors (Lipinski definition) is 6. The maximum absolute atomic E-state index is 14.1. The first-order chi connectivity index (χ1) is 17.2. The van der Waals surface area contributed by atoms with Gasteiger partial charge in [-0.2, -0.15) is 4.31 Å².